The van der Waals surface area contributed by atoms with E-state index in [2.05, 4.69) is 74.6 Å². The molecule has 60 heavy (non-hydrogen) atoms. The summed E-state index contributed by atoms with van der Waals surface area (Å²) in [7, 11) is 1.15. The Morgan fingerprint density at radius 3 is 1.43 bits per heavy atom. The quantitative estimate of drug-likeness (QED) is 0.0196. The van der Waals surface area contributed by atoms with Gasteiger partial charge in [-0.2, -0.15) is 0 Å². The summed E-state index contributed by atoms with van der Waals surface area (Å²) in [6.07, 6.45) is 51.0. The Morgan fingerprint density at radius 2 is 0.950 bits per heavy atom. The third-order valence-corrected chi connectivity index (χ3v) is 11.0. The van der Waals surface area contributed by atoms with E-state index < -0.39 is 32.5 Å². The number of hydrogen-bond donors (Lipinski definition) is 0. The molecule has 0 amide bonds. The lowest BCUT2D eigenvalue weighted by Gasteiger charge is -2.28. The first kappa shape index (κ1) is 57.7. The van der Waals surface area contributed by atoms with Gasteiger partial charge in [0.25, 0.3) is 7.82 Å². The van der Waals surface area contributed by atoms with Crippen LogP contribution in [0.15, 0.2) is 60.8 Å². The minimum Gasteiger partial charge on any atom is -0.756 e. The molecule has 10 heteroatoms. The molecule has 0 saturated heterocycles. The Labute approximate surface area is 368 Å². The second-order valence-electron chi connectivity index (χ2n) is 17.1. The van der Waals surface area contributed by atoms with Gasteiger partial charge in [-0.15, -0.1) is 0 Å². The Morgan fingerprint density at radius 1 is 0.533 bits per heavy atom. The maximum atomic E-state index is 12.7. The lowest BCUT2D eigenvalue weighted by Crippen LogP contribution is -2.37. The normalized spacial score (nSPS) is 14.0. The molecule has 0 N–H and O–H groups in total. The number of allylic oxidation sites excluding steroid dienone is 10. The molecule has 0 aliphatic heterocycles. The lowest BCUT2D eigenvalue weighted by molar-refractivity contribution is -0.870. The van der Waals surface area contributed by atoms with Gasteiger partial charge in [0.2, 0.25) is 0 Å². The minimum absolute atomic E-state index is 0.0349. The van der Waals surface area contributed by atoms with Crippen molar-refractivity contribution in [2.45, 2.75) is 200 Å². The fraction of sp³-hybridized carbons (Fsp3) is 0.760. The molecule has 0 bridgehead atoms. The molecule has 0 rings (SSSR count). The zero-order chi connectivity index (χ0) is 44.3. The van der Waals surface area contributed by atoms with Crippen molar-refractivity contribution in [2.75, 3.05) is 47.5 Å². The van der Waals surface area contributed by atoms with Crippen LogP contribution in [0, 0.1) is 0 Å². The molecule has 0 aromatic carbocycles. The van der Waals surface area contributed by atoms with Crippen molar-refractivity contribution in [3.05, 3.63) is 60.8 Å². The van der Waals surface area contributed by atoms with Gasteiger partial charge in [0.05, 0.1) is 27.7 Å². The molecular weight excluding hydrogens is 774 g/mol. The summed E-state index contributed by atoms with van der Waals surface area (Å²) >= 11 is 0. The zero-order valence-corrected chi connectivity index (χ0v) is 40.0. The van der Waals surface area contributed by atoms with Crippen LogP contribution in [0.3, 0.4) is 0 Å². The van der Waals surface area contributed by atoms with E-state index in [-0.39, 0.29) is 26.1 Å². The van der Waals surface area contributed by atoms with Crippen LogP contribution in [0.5, 0.6) is 0 Å². The van der Waals surface area contributed by atoms with Crippen LogP contribution in [0.2, 0.25) is 0 Å². The summed E-state index contributed by atoms with van der Waals surface area (Å²) in [6, 6.07) is 0. The van der Waals surface area contributed by atoms with Gasteiger partial charge in [0.15, 0.2) is 6.10 Å². The van der Waals surface area contributed by atoms with Crippen LogP contribution in [-0.4, -0.2) is 70.0 Å². The molecule has 0 aromatic rings. The van der Waals surface area contributed by atoms with E-state index in [1.165, 1.54) is 70.6 Å². The van der Waals surface area contributed by atoms with Gasteiger partial charge < -0.3 is 27.9 Å². The number of nitrogens with zero attached hydrogens (tertiary/aromatic N) is 1. The fourth-order valence-electron chi connectivity index (χ4n) is 6.29. The maximum absolute atomic E-state index is 12.7. The fourth-order valence-corrected chi connectivity index (χ4v) is 7.02. The van der Waals surface area contributed by atoms with Gasteiger partial charge in [-0.05, 0) is 77.0 Å². The monoisotopic (exact) mass is 864 g/mol. The lowest BCUT2D eigenvalue weighted by atomic mass is 10.0. The summed E-state index contributed by atoms with van der Waals surface area (Å²) in [5, 5.41) is 0. The molecule has 0 spiro atoms. The smallest absolute Gasteiger partial charge is 0.306 e. The summed E-state index contributed by atoms with van der Waals surface area (Å²) in [5.41, 5.74) is 0. The van der Waals surface area contributed by atoms with Crippen molar-refractivity contribution in [2.24, 2.45) is 0 Å². The van der Waals surface area contributed by atoms with Crippen molar-refractivity contribution in [3.63, 3.8) is 0 Å². The van der Waals surface area contributed by atoms with E-state index in [1.807, 2.05) is 21.1 Å². The van der Waals surface area contributed by atoms with Gasteiger partial charge in [0, 0.05) is 12.8 Å². The predicted octanol–water partition coefficient (Wildman–Crippen LogP) is 13.4. The summed E-state index contributed by atoms with van der Waals surface area (Å²) in [5.74, 6) is -0.851. The maximum Gasteiger partial charge on any atom is 0.306 e. The van der Waals surface area contributed by atoms with Crippen molar-refractivity contribution < 1.29 is 42.1 Å². The first-order valence-electron chi connectivity index (χ1n) is 24.0. The summed E-state index contributed by atoms with van der Waals surface area (Å²) in [4.78, 5) is 37.6. The van der Waals surface area contributed by atoms with Gasteiger partial charge >= 0.3 is 11.9 Å². The van der Waals surface area contributed by atoms with Gasteiger partial charge in [-0.3, -0.25) is 14.2 Å². The number of phosphoric ester groups is 1. The highest BCUT2D eigenvalue weighted by Crippen LogP contribution is 2.38. The van der Waals surface area contributed by atoms with Gasteiger partial charge in [0.1, 0.15) is 19.8 Å². The van der Waals surface area contributed by atoms with Crippen LogP contribution in [-0.2, 0) is 32.7 Å². The molecule has 0 radical (unpaired) electrons. The first-order chi connectivity index (χ1) is 29.0. The van der Waals surface area contributed by atoms with Crippen molar-refractivity contribution >= 4 is 19.8 Å². The molecular formula is C50H90NO8P. The summed E-state index contributed by atoms with van der Waals surface area (Å²) in [6.45, 7) is 4.08. The second-order valence-corrected chi connectivity index (χ2v) is 18.5. The zero-order valence-electron chi connectivity index (χ0n) is 39.1. The Hall–Kier alpha value is -2.29. The van der Waals surface area contributed by atoms with Crippen LogP contribution in [0.1, 0.15) is 194 Å². The van der Waals surface area contributed by atoms with E-state index in [4.69, 9.17) is 18.5 Å². The Kier molecular flexibility index (Phi) is 40.4. The van der Waals surface area contributed by atoms with Crippen LogP contribution in [0.25, 0.3) is 0 Å². The molecule has 2 unspecified atom stereocenters. The number of ether oxygens (including phenoxy) is 2. The average molecular weight is 864 g/mol. The van der Waals surface area contributed by atoms with Crippen LogP contribution >= 0.6 is 7.82 Å². The molecule has 0 aromatic heterocycles. The number of unbranched alkanes of at least 4 members (excludes halogenated alkanes) is 19. The highest BCUT2D eigenvalue weighted by Gasteiger charge is 2.21. The molecule has 0 aliphatic rings. The number of carbonyl (C=O) groups excluding carboxylic acids is 2. The minimum atomic E-state index is -4.63. The number of quaternary nitrogens is 1. The van der Waals surface area contributed by atoms with Crippen molar-refractivity contribution in [1.29, 1.82) is 0 Å². The van der Waals surface area contributed by atoms with Gasteiger partial charge in [-0.25, -0.2) is 0 Å². The summed E-state index contributed by atoms with van der Waals surface area (Å²) < 4.78 is 34.0. The Bertz CT molecular complexity index is 1210. The molecule has 348 valence electrons. The van der Waals surface area contributed by atoms with Crippen LogP contribution < -0.4 is 4.89 Å². The van der Waals surface area contributed by atoms with E-state index >= 15 is 0 Å². The highest BCUT2D eigenvalue weighted by atomic mass is 31.2. The number of esters is 2. The number of hydrogen-bond acceptors (Lipinski definition) is 8. The molecule has 0 fully saturated rings. The second kappa shape index (κ2) is 42.0. The van der Waals surface area contributed by atoms with E-state index in [1.54, 1.807) is 0 Å². The number of rotatable bonds is 43. The average Bonchev–Trinajstić information content (AvgIpc) is 3.20. The predicted molar refractivity (Wildman–Crippen MR) is 250 cm³/mol. The third kappa shape index (κ3) is 45.2. The van der Waals surface area contributed by atoms with Crippen molar-refractivity contribution in [1.82, 2.24) is 0 Å². The Balaban J connectivity index is 4.27. The molecule has 9 nitrogen and oxygen atoms in total. The third-order valence-electron chi connectivity index (χ3n) is 10.0. The molecule has 0 aliphatic carbocycles. The van der Waals surface area contributed by atoms with Crippen molar-refractivity contribution in [3.8, 4) is 0 Å². The SMILES string of the molecule is CC/C=C\C/C=C\C/C=C\C/C=C\CCCCCCCCCCCCC(=O)OC(COC(=O)CCCCCCC/C=C\CCCCCC)COP(=O)([O-])OCC[N+](C)(C)C. The topological polar surface area (TPSA) is 111 Å². The number of likely N-dealkylation sites (N-methyl/N-ethyl adjacent to an activating group) is 1. The molecule has 0 heterocycles. The van der Waals surface area contributed by atoms with E-state index in [9.17, 15) is 19.0 Å². The number of carbonyl (C=O) groups is 2. The van der Waals surface area contributed by atoms with Gasteiger partial charge in [-0.1, -0.05) is 164 Å². The van der Waals surface area contributed by atoms with E-state index in [0.29, 0.717) is 17.4 Å². The van der Waals surface area contributed by atoms with E-state index in [0.717, 1.165) is 89.9 Å². The highest BCUT2D eigenvalue weighted by molar-refractivity contribution is 7.45. The standard InChI is InChI=1S/C50H90NO8P/c1-6-8-10-12-14-16-18-20-21-22-23-24-25-26-27-28-29-31-33-35-37-39-41-43-50(53)59-48(47-58-60(54,55)57-45-44-51(3,4)5)46-56-49(52)42-40-38-36-34-32-30-19-17-15-13-11-9-7-2/h8,10,14,16-17,19-21,23-24,48H,6-7,9,11-13,15,18,22,25-47H2,1-5H3/b10-8-,16-14-,19-17-,21-20-,24-23-. The number of phosphoric acid groups is 1. The molecule has 2 atom stereocenters. The largest absolute Gasteiger partial charge is 0.756 e. The van der Waals surface area contributed by atoms with Crippen LogP contribution in [0.4, 0.5) is 0 Å². The first-order valence-corrected chi connectivity index (χ1v) is 25.5. The molecule has 0 saturated carbocycles.